The molecular weight excluding hydrogens is 413 g/mol. The average Bonchev–Trinajstić information content (AvgIpc) is 3.15. The second-order valence-electron chi connectivity index (χ2n) is 8.54. The molecule has 164 valence electrons. The van der Waals surface area contributed by atoms with E-state index in [9.17, 15) is 9.50 Å². The summed E-state index contributed by atoms with van der Waals surface area (Å²) in [6, 6.07) is 14.2. The van der Waals surface area contributed by atoms with Crippen LogP contribution in [0, 0.1) is 5.95 Å². The van der Waals surface area contributed by atoms with Crippen molar-refractivity contribution in [3.8, 4) is 28.4 Å². The van der Waals surface area contributed by atoms with Crippen LogP contribution in [0.1, 0.15) is 25.0 Å². The molecule has 0 saturated carbocycles. The summed E-state index contributed by atoms with van der Waals surface area (Å²) in [5.74, 6) is 1.27. The Morgan fingerprint density at radius 3 is 2.47 bits per heavy atom. The van der Waals surface area contributed by atoms with E-state index < -0.39 is 17.1 Å². The van der Waals surface area contributed by atoms with Crippen molar-refractivity contribution in [2.24, 2.45) is 10.7 Å². The molecule has 5 rings (SSSR count). The zero-order chi connectivity index (χ0) is 22.5. The van der Waals surface area contributed by atoms with Crippen LogP contribution in [-0.2, 0) is 10.3 Å². The Morgan fingerprint density at radius 2 is 1.81 bits per heavy atom. The van der Waals surface area contributed by atoms with Gasteiger partial charge in [-0.25, -0.2) is 9.98 Å². The molecule has 2 aromatic carbocycles. The number of aromatic nitrogens is 1. The molecule has 0 bridgehead atoms. The van der Waals surface area contributed by atoms with Gasteiger partial charge in [-0.3, -0.25) is 0 Å². The highest BCUT2D eigenvalue weighted by atomic mass is 19.1. The fourth-order valence-corrected chi connectivity index (χ4v) is 3.91. The van der Waals surface area contributed by atoms with Gasteiger partial charge in [0.05, 0.1) is 5.60 Å². The van der Waals surface area contributed by atoms with Crippen LogP contribution in [0.3, 0.4) is 0 Å². The molecule has 0 radical (unpaired) electrons. The summed E-state index contributed by atoms with van der Waals surface area (Å²) in [7, 11) is 0. The minimum atomic E-state index is -0.978. The zero-order valence-corrected chi connectivity index (χ0v) is 17.6. The molecule has 1 atom stereocenters. The number of aliphatic hydroxyl groups is 1. The number of nitrogens with two attached hydrogens (primary N) is 1. The highest BCUT2D eigenvalue weighted by Gasteiger charge is 2.47. The van der Waals surface area contributed by atoms with Crippen molar-refractivity contribution >= 4 is 6.02 Å². The Bertz CT molecular complexity index is 1220. The van der Waals surface area contributed by atoms with E-state index in [-0.39, 0.29) is 19.2 Å². The third kappa shape index (κ3) is 3.52. The molecule has 0 saturated heterocycles. The molecule has 1 spiro atoms. The van der Waals surface area contributed by atoms with Crippen LogP contribution in [0.15, 0.2) is 59.7 Å². The summed E-state index contributed by atoms with van der Waals surface area (Å²) in [5, 5.41) is 10.0. The van der Waals surface area contributed by atoms with Crippen LogP contribution in [0.4, 0.5) is 4.39 Å². The fraction of sp³-hybridized carbons (Fsp3) is 0.250. The summed E-state index contributed by atoms with van der Waals surface area (Å²) >= 11 is 0. The molecule has 1 aromatic heterocycles. The first-order valence-electron chi connectivity index (χ1n) is 10.2. The maximum absolute atomic E-state index is 13.3. The molecule has 2 aliphatic heterocycles. The molecule has 8 heteroatoms. The van der Waals surface area contributed by atoms with Crippen LogP contribution in [0.25, 0.3) is 11.1 Å². The molecule has 3 heterocycles. The number of hydrogen-bond acceptors (Lipinski definition) is 7. The topological polar surface area (TPSA) is 99.2 Å². The van der Waals surface area contributed by atoms with Crippen molar-refractivity contribution in [1.29, 1.82) is 0 Å². The SMILES string of the molecule is CC(C)(O)COc1ccc2c(c1)[C@]1(COC(N)=N1)c1cc(-c3ccc(F)nc3)ccc1O2. The van der Waals surface area contributed by atoms with Gasteiger partial charge in [-0.2, -0.15) is 4.39 Å². The third-order valence-electron chi connectivity index (χ3n) is 5.42. The van der Waals surface area contributed by atoms with Gasteiger partial charge in [-0.1, -0.05) is 6.07 Å². The largest absolute Gasteiger partial charge is 0.491 e. The van der Waals surface area contributed by atoms with Crippen LogP contribution in [0.2, 0.25) is 0 Å². The van der Waals surface area contributed by atoms with E-state index in [0.717, 1.165) is 22.3 Å². The van der Waals surface area contributed by atoms with E-state index in [0.29, 0.717) is 17.2 Å². The van der Waals surface area contributed by atoms with Crippen LogP contribution < -0.4 is 15.2 Å². The Hall–Kier alpha value is -3.65. The molecule has 0 aliphatic carbocycles. The summed E-state index contributed by atoms with van der Waals surface area (Å²) in [6.45, 7) is 3.67. The van der Waals surface area contributed by atoms with Gasteiger partial charge < -0.3 is 25.1 Å². The van der Waals surface area contributed by atoms with Gasteiger partial charge in [-0.05, 0) is 61.9 Å². The van der Waals surface area contributed by atoms with Crippen LogP contribution in [0.5, 0.6) is 17.2 Å². The lowest BCUT2D eigenvalue weighted by molar-refractivity contribution is 0.0284. The quantitative estimate of drug-likeness (QED) is 0.606. The van der Waals surface area contributed by atoms with E-state index in [1.807, 2.05) is 30.3 Å². The van der Waals surface area contributed by atoms with Crippen LogP contribution >= 0.6 is 0 Å². The number of fused-ring (bicyclic) bond motifs is 4. The molecule has 0 unspecified atom stereocenters. The summed E-state index contributed by atoms with van der Waals surface area (Å²) in [6.07, 6.45) is 1.48. The number of halogens is 1. The maximum Gasteiger partial charge on any atom is 0.283 e. The van der Waals surface area contributed by atoms with Crippen molar-refractivity contribution in [3.05, 3.63) is 71.8 Å². The molecule has 3 N–H and O–H groups in total. The third-order valence-corrected chi connectivity index (χ3v) is 5.42. The highest BCUT2D eigenvalue weighted by molar-refractivity contribution is 5.78. The number of benzene rings is 2. The molecular formula is C24H22FN3O4. The second kappa shape index (κ2) is 7.20. The lowest BCUT2D eigenvalue weighted by Gasteiger charge is -2.34. The fourth-order valence-electron chi connectivity index (χ4n) is 3.91. The van der Waals surface area contributed by atoms with Gasteiger partial charge >= 0.3 is 0 Å². The first-order valence-corrected chi connectivity index (χ1v) is 10.2. The smallest absolute Gasteiger partial charge is 0.283 e. The Balaban J connectivity index is 1.62. The number of aliphatic imine (C=N–C) groups is 1. The molecule has 2 aliphatic rings. The van der Waals surface area contributed by atoms with Crippen molar-refractivity contribution in [2.75, 3.05) is 13.2 Å². The molecule has 3 aromatic rings. The molecule has 0 amide bonds. The van der Waals surface area contributed by atoms with Gasteiger partial charge in [0.25, 0.3) is 6.02 Å². The lowest BCUT2D eigenvalue weighted by Crippen LogP contribution is -2.31. The predicted molar refractivity (Wildman–Crippen MR) is 116 cm³/mol. The number of hydrogen-bond donors (Lipinski definition) is 2. The van der Waals surface area contributed by atoms with Gasteiger partial charge in [0.15, 0.2) is 5.54 Å². The molecule has 0 fully saturated rings. The monoisotopic (exact) mass is 435 g/mol. The number of pyridine rings is 1. The highest BCUT2D eigenvalue weighted by Crippen LogP contribution is 2.52. The summed E-state index contributed by atoms with van der Waals surface area (Å²) < 4.78 is 30.8. The second-order valence-corrected chi connectivity index (χ2v) is 8.54. The van der Waals surface area contributed by atoms with Crippen molar-refractivity contribution < 1.29 is 23.7 Å². The minimum absolute atomic E-state index is 0.0838. The van der Waals surface area contributed by atoms with E-state index in [2.05, 4.69) is 9.98 Å². The van der Waals surface area contributed by atoms with E-state index >= 15 is 0 Å². The molecule has 32 heavy (non-hydrogen) atoms. The number of amidine groups is 1. The van der Waals surface area contributed by atoms with Crippen molar-refractivity contribution in [1.82, 2.24) is 4.98 Å². The van der Waals surface area contributed by atoms with Gasteiger partial charge in [0.1, 0.15) is 30.5 Å². The zero-order valence-electron chi connectivity index (χ0n) is 17.6. The Labute approximate surface area is 184 Å². The standard InChI is InChI=1S/C24H22FN3O4/c1-23(2,29)12-30-16-5-7-20-18(10-16)24(13-31-22(26)28-24)17-9-14(3-6-19(17)32-20)15-4-8-21(25)27-11-15/h3-11,29H,12-13H2,1-2H3,(H2,26,28)/t24-/m0/s1. The van der Waals surface area contributed by atoms with E-state index in [1.54, 1.807) is 26.0 Å². The lowest BCUT2D eigenvalue weighted by atomic mass is 9.80. The summed E-state index contributed by atoms with van der Waals surface area (Å²) in [4.78, 5) is 8.42. The average molecular weight is 435 g/mol. The first kappa shape index (κ1) is 20.3. The van der Waals surface area contributed by atoms with E-state index in [4.69, 9.17) is 19.9 Å². The first-order chi connectivity index (χ1) is 15.2. The normalized spacial score (nSPS) is 18.9. The number of rotatable bonds is 4. The summed E-state index contributed by atoms with van der Waals surface area (Å²) in [5.41, 5.74) is 7.14. The van der Waals surface area contributed by atoms with Gasteiger partial charge in [0.2, 0.25) is 5.95 Å². The number of ether oxygens (including phenoxy) is 3. The van der Waals surface area contributed by atoms with Gasteiger partial charge in [-0.15, -0.1) is 0 Å². The Kier molecular flexibility index (Phi) is 4.56. The molecule has 7 nitrogen and oxygen atoms in total. The maximum atomic E-state index is 13.3. The minimum Gasteiger partial charge on any atom is -0.491 e. The van der Waals surface area contributed by atoms with Crippen molar-refractivity contribution in [2.45, 2.75) is 25.0 Å². The van der Waals surface area contributed by atoms with Crippen molar-refractivity contribution in [3.63, 3.8) is 0 Å². The number of nitrogens with zero attached hydrogens (tertiary/aromatic N) is 2. The van der Waals surface area contributed by atoms with E-state index in [1.165, 1.54) is 12.3 Å². The predicted octanol–water partition coefficient (Wildman–Crippen LogP) is 3.73. The Morgan fingerprint density at radius 1 is 1.09 bits per heavy atom. The van der Waals surface area contributed by atoms with Crippen LogP contribution in [-0.4, -0.2) is 34.9 Å². The van der Waals surface area contributed by atoms with Gasteiger partial charge in [0, 0.05) is 22.9 Å².